The van der Waals surface area contributed by atoms with Gasteiger partial charge in [0.15, 0.2) is 5.78 Å². The molecule has 42 heavy (non-hydrogen) atoms. The van der Waals surface area contributed by atoms with Gasteiger partial charge in [-0.25, -0.2) is 0 Å². The number of hydrogen-bond donors (Lipinski definition) is 1. The molecule has 2 aromatic carbocycles. The number of aliphatic hydroxyl groups excluding tert-OH is 1. The number of furan rings is 1. The Bertz CT molecular complexity index is 1550. The second kappa shape index (κ2) is 13.1. The molecule has 0 amide bonds. The molecule has 4 rings (SSSR count). The Hall–Kier alpha value is -3.01. The molecule has 2 aromatic heterocycles. The molecular weight excluding hydrogens is 699 g/mol. The van der Waals surface area contributed by atoms with E-state index in [1.807, 2.05) is 0 Å². The summed E-state index contributed by atoms with van der Waals surface area (Å²) in [5, 5.41) is 9.38. The molecule has 227 valence electrons. The number of hydrogen-bond acceptors (Lipinski definition) is 4. The number of rotatable bonds is 3. The Kier molecular flexibility index (Phi) is 11.0. The van der Waals surface area contributed by atoms with Crippen LogP contribution in [0.4, 0.5) is 0 Å². The zero-order chi connectivity index (χ0) is 30.9. The number of fused-ring (bicyclic) bond motifs is 1. The smallest absolute Gasteiger partial charge is 0.217 e. The summed E-state index contributed by atoms with van der Waals surface area (Å²) in [6, 6.07) is 21.0. The van der Waals surface area contributed by atoms with Gasteiger partial charge in [-0.2, -0.15) is 0 Å². The van der Waals surface area contributed by atoms with E-state index in [4.69, 9.17) is 14.5 Å². The van der Waals surface area contributed by atoms with Crippen LogP contribution in [0.2, 0.25) is 0 Å². The minimum absolute atomic E-state index is 0. The second-order valence-corrected chi connectivity index (χ2v) is 14.1. The Morgan fingerprint density at radius 2 is 1.33 bits per heavy atom. The van der Waals surface area contributed by atoms with Gasteiger partial charge in [0.2, 0.25) is 5.71 Å². The molecule has 2 heterocycles. The normalized spacial score (nSPS) is 12.4. The molecule has 5 heteroatoms. The molecule has 1 radical (unpaired) electrons. The Morgan fingerprint density at radius 1 is 0.810 bits per heavy atom. The van der Waals surface area contributed by atoms with Gasteiger partial charge in [0.1, 0.15) is 5.76 Å². The largest absolute Gasteiger partial charge is 0.512 e. The Balaban J connectivity index is 0.000000687. The van der Waals surface area contributed by atoms with E-state index >= 15 is 0 Å². The summed E-state index contributed by atoms with van der Waals surface area (Å²) in [5.41, 5.74) is 8.88. The van der Waals surface area contributed by atoms with Gasteiger partial charge < -0.3 is 9.52 Å². The van der Waals surface area contributed by atoms with Crippen molar-refractivity contribution >= 4 is 16.9 Å². The summed E-state index contributed by atoms with van der Waals surface area (Å²) in [6.45, 7) is 25.2. The maximum absolute atomic E-state index is 10.0. The summed E-state index contributed by atoms with van der Waals surface area (Å²) in [7, 11) is 0. The van der Waals surface area contributed by atoms with Gasteiger partial charge in [-0.15, -0.1) is 34.9 Å². The fraction of sp³-hybridized carbons (Fsp3) is 0.405. The van der Waals surface area contributed by atoms with E-state index in [0.717, 1.165) is 33.5 Å². The summed E-state index contributed by atoms with van der Waals surface area (Å²) in [5.74, 6) is 0.798. The average molecular weight is 745 g/mol. The molecule has 0 fully saturated rings. The SMILES string of the molecule is CC(=O)/C=C(/C)O.Cc1[c-]c(-c2ccc3cc(-c4cc(C(C)(C)C)cc(C(C)(C)C)c4)oc3n2)cc(C(C)(C)C)c1.[Ir]. The Morgan fingerprint density at radius 3 is 1.79 bits per heavy atom. The molecule has 0 saturated heterocycles. The third-order valence-electron chi connectivity index (χ3n) is 6.89. The minimum atomic E-state index is -0.125. The van der Waals surface area contributed by atoms with Crippen molar-refractivity contribution in [1.82, 2.24) is 4.98 Å². The van der Waals surface area contributed by atoms with Crippen LogP contribution in [-0.2, 0) is 41.1 Å². The molecule has 0 unspecified atom stereocenters. The van der Waals surface area contributed by atoms with Crippen LogP contribution in [0, 0.1) is 13.0 Å². The van der Waals surface area contributed by atoms with Crippen molar-refractivity contribution in [2.75, 3.05) is 0 Å². The van der Waals surface area contributed by atoms with Gasteiger partial charge in [0.25, 0.3) is 0 Å². The van der Waals surface area contributed by atoms with E-state index in [9.17, 15) is 4.79 Å². The first-order valence-electron chi connectivity index (χ1n) is 14.2. The van der Waals surface area contributed by atoms with E-state index in [1.165, 1.54) is 36.6 Å². The van der Waals surface area contributed by atoms with Crippen LogP contribution in [0.25, 0.3) is 33.7 Å². The Labute approximate surface area is 266 Å². The van der Waals surface area contributed by atoms with Gasteiger partial charge in [0.05, 0.1) is 5.76 Å². The maximum Gasteiger partial charge on any atom is 0.217 e. The van der Waals surface area contributed by atoms with Crippen molar-refractivity contribution in [3.63, 3.8) is 0 Å². The van der Waals surface area contributed by atoms with Gasteiger partial charge in [0, 0.05) is 37.1 Å². The van der Waals surface area contributed by atoms with Crippen molar-refractivity contribution < 1.29 is 34.4 Å². The summed E-state index contributed by atoms with van der Waals surface area (Å²) in [4.78, 5) is 14.9. The molecule has 0 bridgehead atoms. The van der Waals surface area contributed by atoms with E-state index in [2.05, 4.69) is 124 Å². The molecule has 0 spiro atoms. The topological polar surface area (TPSA) is 63.3 Å². The standard InChI is InChI=1S/C32H38NO.C5H8O2.Ir/c1-20-13-22(15-24(14-20)30(2,3)4)27-12-11-21-18-28(34-29(21)33-27)23-16-25(31(5,6)7)19-26(17-23)32(8,9)10;1-4(6)3-5(2)7;/h11-12,14-19H,1-10H3;3,6H,1-2H3;/q-1;;/b;4-3-;. The van der Waals surface area contributed by atoms with Crippen molar-refractivity contribution in [1.29, 1.82) is 0 Å². The number of ketones is 1. The number of benzene rings is 2. The molecule has 4 nitrogen and oxygen atoms in total. The third kappa shape index (κ3) is 9.24. The van der Waals surface area contributed by atoms with Crippen LogP contribution in [0.3, 0.4) is 0 Å². The quantitative estimate of drug-likeness (QED) is 0.129. The van der Waals surface area contributed by atoms with Crippen LogP contribution in [0.15, 0.2) is 64.8 Å². The molecule has 4 aromatic rings. The van der Waals surface area contributed by atoms with Crippen LogP contribution >= 0.6 is 0 Å². The van der Waals surface area contributed by atoms with Gasteiger partial charge >= 0.3 is 0 Å². The van der Waals surface area contributed by atoms with Crippen LogP contribution < -0.4 is 0 Å². The van der Waals surface area contributed by atoms with Crippen molar-refractivity contribution in [3.8, 4) is 22.6 Å². The summed E-state index contributed by atoms with van der Waals surface area (Å²) < 4.78 is 6.35. The molecule has 1 N–H and O–H groups in total. The minimum Gasteiger partial charge on any atom is -0.512 e. The number of nitrogens with zero attached hydrogens (tertiary/aromatic N) is 1. The third-order valence-corrected chi connectivity index (χ3v) is 6.89. The number of aryl methyl sites for hydroxylation is 1. The fourth-order valence-corrected chi connectivity index (χ4v) is 4.43. The molecule has 0 aliphatic heterocycles. The second-order valence-electron chi connectivity index (χ2n) is 14.1. The van der Waals surface area contributed by atoms with Crippen molar-refractivity contribution in [3.05, 3.63) is 88.7 Å². The molecule has 0 aliphatic rings. The number of allylic oxidation sites excluding steroid dienone is 2. The summed E-state index contributed by atoms with van der Waals surface area (Å²) in [6.07, 6.45) is 1.17. The van der Waals surface area contributed by atoms with Crippen LogP contribution in [-0.4, -0.2) is 15.9 Å². The zero-order valence-corrected chi connectivity index (χ0v) is 29.6. The predicted octanol–water partition coefficient (Wildman–Crippen LogP) is 10.2. The predicted molar refractivity (Wildman–Crippen MR) is 172 cm³/mol. The van der Waals surface area contributed by atoms with Crippen molar-refractivity contribution in [2.45, 2.75) is 99.3 Å². The molecule has 0 atom stereocenters. The van der Waals surface area contributed by atoms with E-state index in [1.54, 1.807) is 0 Å². The maximum atomic E-state index is 10.0. The molecule has 0 saturated carbocycles. The van der Waals surface area contributed by atoms with E-state index < -0.39 is 0 Å². The number of pyridine rings is 1. The molecule has 0 aliphatic carbocycles. The zero-order valence-electron chi connectivity index (χ0n) is 27.2. The molecular formula is C37H46IrNO3-. The number of aliphatic hydroxyl groups is 1. The van der Waals surface area contributed by atoms with Crippen LogP contribution in [0.1, 0.15) is 98.4 Å². The first-order valence-corrected chi connectivity index (χ1v) is 14.2. The first-order chi connectivity index (χ1) is 18.7. The number of carbonyl (C=O) groups is 1. The fourth-order valence-electron chi connectivity index (χ4n) is 4.43. The van der Waals surface area contributed by atoms with E-state index in [-0.39, 0.29) is 47.9 Å². The first kappa shape index (κ1) is 35.2. The number of aromatic nitrogens is 1. The van der Waals surface area contributed by atoms with Gasteiger partial charge in [-0.1, -0.05) is 87.4 Å². The summed E-state index contributed by atoms with van der Waals surface area (Å²) >= 11 is 0. The average Bonchev–Trinajstić information content (AvgIpc) is 3.25. The van der Waals surface area contributed by atoms with E-state index in [0.29, 0.717) is 5.71 Å². The van der Waals surface area contributed by atoms with Crippen LogP contribution in [0.5, 0.6) is 0 Å². The van der Waals surface area contributed by atoms with Crippen molar-refractivity contribution in [2.24, 2.45) is 0 Å². The number of carbonyl (C=O) groups excluding carboxylic acids is 1. The van der Waals surface area contributed by atoms with Gasteiger partial charge in [-0.05, 0) is 65.1 Å². The monoisotopic (exact) mass is 745 g/mol. The van der Waals surface area contributed by atoms with Gasteiger partial charge in [-0.3, -0.25) is 9.78 Å².